The molecule has 6 heteroatoms. The van der Waals surface area contributed by atoms with Crippen LogP contribution in [-0.4, -0.2) is 8.42 Å². The van der Waals surface area contributed by atoms with Gasteiger partial charge in [0.1, 0.15) is 4.90 Å². The molecule has 0 unspecified atom stereocenters. The molecular formula is C12H7ClF2O2S. The summed E-state index contributed by atoms with van der Waals surface area (Å²) in [6.07, 6.45) is 0. The molecule has 18 heavy (non-hydrogen) atoms. The quantitative estimate of drug-likeness (QED) is 0.792. The molecule has 0 aliphatic rings. The van der Waals surface area contributed by atoms with E-state index in [0.717, 1.165) is 6.07 Å². The zero-order chi connectivity index (χ0) is 13.3. The summed E-state index contributed by atoms with van der Waals surface area (Å²) in [7, 11) is 0.779. The fraction of sp³-hybridized carbons (Fsp3) is 0. The maximum Gasteiger partial charge on any atom is 0.264 e. The highest BCUT2D eigenvalue weighted by atomic mass is 35.7. The molecule has 0 aliphatic carbocycles. The Kier molecular flexibility index (Phi) is 3.36. The van der Waals surface area contributed by atoms with Gasteiger partial charge in [-0.05, 0) is 17.7 Å². The van der Waals surface area contributed by atoms with E-state index in [1.807, 2.05) is 0 Å². The van der Waals surface area contributed by atoms with Crippen LogP contribution in [0.1, 0.15) is 0 Å². The molecule has 2 rings (SSSR count). The van der Waals surface area contributed by atoms with Crippen molar-refractivity contribution in [2.24, 2.45) is 0 Å². The Bertz CT molecular complexity index is 685. The molecule has 2 aromatic rings. The standard InChI is InChI=1S/C12H7ClF2O2S/c13-18(16,17)12-9(6-7-10(14)11(12)15)8-4-2-1-3-5-8/h1-7H. The summed E-state index contributed by atoms with van der Waals surface area (Å²) in [6, 6.07) is 10.2. The van der Waals surface area contributed by atoms with Crippen molar-refractivity contribution in [1.29, 1.82) is 0 Å². The van der Waals surface area contributed by atoms with Crippen LogP contribution in [0.5, 0.6) is 0 Å². The molecule has 0 saturated heterocycles. The molecule has 0 saturated carbocycles. The average molecular weight is 289 g/mol. The lowest BCUT2D eigenvalue weighted by molar-refractivity contribution is 0.487. The average Bonchev–Trinajstić information content (AvgIpc) is 2.32. The second kappa shape index (κ2) is 4.66. The molecule has 0 N–H and O–H groups in total. The van der Waals surface area contributed by atoms with Crippen LogP contribution < -0.4 is 0 Å². The molecule has 0 heterocycles. The van der Waals surface area contributed by atoms with Gasteiger partial charge < -0.3 is 0 Å². The van der Waals surface area contributed by atoms with E-state index in [-0.39, 0.29) is 5.56 Å². The van der Waals surface area contributed by atoms with Gasteiger partial charge in [-0.3, -0.25) is 0 Å². The van der Waals surface area contributed by atoms with Gasteiger partial charge in [-0.15, -0.1) is 0 Å². The molecule has 0 aliphatic heterocycles. The van der Waals surface area contributed by atoms with Gasteiger partial charge in [-0.2, -0.15) is 0 Å². The normalized spacial score (nSPS) is 11.5. The van der Waals surface area contributed by atoms with Crippen LogP contribution in [-0.2, 0) is 9.05 Å². The minimum absolute atomic E-state index is 0.0319. The van der Waals surface area contributed by atoms with Gasteiger partial charge in [0.15, 0.2) is 11.6 Å². The van der Waals surface area contributed by atoms with E-state index in [2.05, 4.69) is 0 Å². The van der Waals surface area contributed by atoms with Gasteiger partial charge >= 0.3 is 0 Å². The van der Waals surface area contributed by atoms with Gasteiger partial charge in [-0.25, -0.2) is 17.2 Å². The van der Waals surface area contributed by atoms with Crippen molar-refractivity contribution in [3.05, 3.63) is 54.1 Å². The molecule has 0 amide bonds. The van der Waals surface area contributed by atoms with Crippen LogP contribution in [0.3, 0.4) is 0 Å². The van der Waals surface area contributed by atoms with Gasteiger partial charge in [0, 0.05) is 16.2 Å². The Labute approximate surface area is 107 Å². The molecular weight excluding hydrogens is 282 g/mol. The highest BCUT2D eigenvalue weighted by molar-refractivity contribution is 8.13. The molecule has 2 nitrogen and oxygen atoms in total. The Hall–Kier alpha value is -1.46. The fourth-order valence-corrected chi connectivity index (χ4v) is 2.83. The first kappa shape index (κ1) is 13.0. The van der Waals surface area contributed by atoms with E-state index in [1.165, 1.54) is 6.07 Å². The van der Waals surface area contributed by atoms with E-state index in [4.69, 9.17) is 10.7 Å². The number of halogens is 3. The highest BCUT2D eigenvalue weighted by Gasteiger charge is 2.24. The monoisotopic (exact) mass is 288 g/mol. The van der Waals surface area contributed by atoms with E-state index in [0.29, 0.717) is 5.56 Å². The lowest BCUT2D eigenvalue weighted by Crippen LogP contribution is -2.01. The van der Waals surface area contributed by atoms with Gasteiger partial charge in [0.2, 0.25) is 0 Å². The van der Waals surface area contributed by atoms with Gasteiger partial charge in [-0.1, -0.05) is 30.3 Å². The number of hydrogen-bond acceptors (Lipinski definition) is 2. The molecule has 0 radical (unpaired) electrons. The summed E-state index contributed by atoms with van der Waals surface area (Å²) in [6.45, 7) is 0. The van der Waals surface area contributed by atoms with Crippen molar-refractivity contribution >= 4 is 19.7 Å². The third-order valence-corrected chi connectivity index (χ3v) is 3.73. The number of hydrogen-bond donors (Lipinski definition) is 0. The third-order valence-electron chi connectivity index (χ3n) is 2.38. The van der Waals surface area contributed by atoms with Crippen LogP contribution in [0.2, 0.25) is 0 Å². The van der Waals surface area contributed by atoms with Gasteiger partial charge in [0.05, 0.1) is 0 Å². The molecule has 0 spiro atoms. The van der Waals surface area contributed by atoms with Crippen LogP contribution >= 0.6 is 10.7 Å². The van der Waals surface area contributed by atoms with Crippen LogP contribution in [0.4, 0.5) is 8.78 Å². The molecule has 2 aromatic carbocycles. The van der Waals surface area contributed by atoms with E-state index in [9.17, 15) is 17.2 Å². The predicted molar refractivity (Wildman–Crippen MR) is 64.8 cm³/mol. The molecule has 0 atom stereocenters. The maximum absolute atomic E-state index is 13.6. The second-order valence-electron chi connectivity index (χ2n) is 3.54. The zero-order valence-electron chi connectivity index (χ0n) is 8.90. The summed E-state index contributed by atoms with van der Waals surface area (Å²) in [4.78, 5) is -0.838. The fourth-order valence-electron chi connectivity index (χ4n) is 1.62. The molecule has 0 fully saturated rings. The van der Waals surface area contributed by atoms with E-state index in [1.54, 1.807) is 30.3 Å². The van der Waals surface area contributed by atoms with Crippen molar-refractivity contribution in [3.8, 4) is 11.1 Å². The van der Waals surface area contributed by atoms with Crippen molar-refractivity contribution in [2.75, 3.05) is 0 Å². The Morgan fingerprint density at radius 2 is 1.56 bits per heavy atom. The highest BCUT2D eigenvalue weighted by Crippen LogP contribution is 2.32. The van der Waals surface area contributed by atoms with Crippen LogP contribution in [0.15, 0.2) is 47.4 Å². The summed E-state index contributed by atoms with van der Waals surface area (Å²) in [5.74, 6) is -2.72. The molecule has 0 bridgehead atoms. The third kappa shape index (κ3) is 2.37. The first-order valence-corrected chi connectivity index (χ1v) is 7.20. The summed E-state index contributed by atoms with van der Waals surface area (Å²) in [5, 5.41) is 0. The lowest BCUT2D eigenvalue weighted by Gasteiger charge is -2.08. The first-order valence-electron chi connectivity index (χ1n) is 4.89. The summed E-state index contributed by atoms with van der Waals surface area (Å²) < 4.78 is 49.4. The van der Waals surface area contributed by atoms with E-state index >= 15 is 0 Å². The largest absolute Gasteiger partial charge is 0.264 e. The topological polar surface area (TPSA) is 34.1 Å². The Morgan fingerprint density at radius 3 is 2.11 bits per heavy atom. The lowest BCUT2D eigenvalue weighted by atomic mass is 10.1. The van der Waals surface area contributed by atoms with Crippen molar-refractivity contribution < 1.29 is 17.2 Å². The predicted octanol–water partition coefficient (Wildman–Crippen LogP) is 3.56. The van der Waals surface area contributed by atoms with Crippen molar-refractivity contribution in [1.82, 2.24) is 0 Å². The van der Waals surface area contributed by atoms with Crippen molar-refractivity contribution in [2.45, 2.75) is 4.90 Å². The number of benzene rings is 2. The smallest absolute Gasteiger partial charge is 0.207 e. The molecule has 94 valence electrons. The minimum Gasteiger partial charge on any atom is -0.207 e. The zero-order valence-corrected chi connectivity index (χ0v) is 10.5. The summed E-state index contributed by atoms with van der Waals surface area (Å²) in [5.41, 5.74) is 0.472. The summed E-state index contributed by atoms with van der Waals surface area (Å²) >= 11 is 0. The SMILES string of the molecule is O=S(=O)(Cl)c1c(-c2ccccc2)ccc(F)c1F. The van der Waals surface area contributed by atoms with Crippen LogP contribution in [0.25, 0.3) is 11.1 Å². The van der Waals surface area contributed by atoms with Crippen LogP contribution in [0, 0.1) is 11.6 Å². The number of rotatable bonds is 2. The Morgan fingerprint density at radius 1 is 0.944 bits per heavy atom. The Balaban J connectivity index is 2.82. The van der Waals surface area contributed by atoms with Gasteiger partial charge in [0.25, 0.3) is 9.05 Å². The first-order chi connectivity index (χ1) is 8.41. The molecule has 0 aromatic heterocycles. The maximum atomic E-state index is 13.6. The van der Waals surface area contributed by atoms with E-state index < -0.39 is 25.6 Å². The second-order valence-corrected chi connectivity index (χ2v) is 6.04. The van der Waals surface area contributed by atoms with Crippen molar-refractivity contribution in [3.63, 3.8) is 0 Å². The minimum atomic E-state index is -4.38.